The summed E-state index contributed by atoms with van der Waals surface area (Å²) in [5.41, 5.74) is 2.55. The van der Waals surface area contributed by atoms with Crippen LogP contribution in [0.4, 0.5) is 23.1 Å². The van der Waals surface area contributed by atoms with Gasteiger partial charge in [0.05, 0.1) is 46.5 Å². The molecule has 17 nitrogen and oxygen atoms in total. The van der Waals surface area contributed by atoms with E-state index in [0.29, 0.717) is 65.1 Å². The number of anilines is 4. The molecular weight excluding hydrogens is 802 g/mol. The molecule has 5 aromatic rings. The first-order valence-electron chi connectivity index (χ1n) is 20.9. The van der Waals surface area contributed by atoms with Crippen LogP contribution in [0.5, 0.6) is 5.75 Å². The number of nitrogens with one attached hydrogen (secondary N) is 3. The van der Waals surface area contributed by atoms with Gasteiger partial charge in [-0.25, -0.2) is 9.97 Å². The van der Waals surface area contributed by atoms with Gasteiger partial charge in [0.25, 0.3) is 11.5 Å². The third kappa shape index (κ3) is 8.20. The van der Waals surface area contributed by atoms with Crippen LogP contribution in [-0.4, -0.2) is 97.6 Å². The number of nitrogens with zero attached hydrogens (tertiary/aromatic N) is 8. The van der Waals surface area contributed by atoms with Gasteiger partial charge in [0.1, 0.15) is 10.7 Å². The molecule has 61 heavy (non-hydrogen) atoms. The molecule has 3 amide bonds. The Bertz CT molecular complexity index is 2560. The Morgan fingerprint density at radius 2 is 1.72 bits per heavy atom. The summed E-state index contributed by atoms with van der Waals surface area (Å²) in [4.78, 5) is 68.0. The standard InChI is InChI=1S/C43H52ClN11O6/c1-24(2)55-39-25(20-33(41(55)59)61-23-35(57)45-4)19-28(21-46-39)48-38-31(44)22-47-42(50-38)54-17-13-27(14-18-54)43(3,60)26-11-15-53(16-12-26)32-8-6-7-29-36(51-52(5)37(29)32)30-9-10-34(56)49-40(30)58/h6-8,19-22,24,26-27,30,60H,9-18,23H2,1-5H3,(H,45,57)(H,47,48,50)(H,49,56,58)/t30-,43+/m1/s1. The summed E-state index contributed by atoms with van der Waals surface area (Å²) in [7, 11) is 3.40. The number of ether oxygens (including phenoxy) is 1. The minimum atomic E-state index is -0.861. The largest absolute Gasteiger partial charge is 0.478 e. The van der Waals surface area contributed by atoms with E-state index in [4.69, 9.17) is 26.4 Å². The van der Waals surface area contributed by atoms with Crippen molar-refractivity contribution in [3.8, 4) is 5.75 Å². The maximum Gasteiger partial charge on any atom is 0.294 e. The Balaban J connectivity index is 0.911. The highest BCUT2D eigenvalue weighted by Gasteiger charge is 2.43. The molecule has 0 unspecified atom stereocenters. The number of hydrogen-bond donors (Lipinski definition) is 4. The number of carbonyl (C=O) groups excluding carboxylic acids is 3. The zero-order valence-electron chi connectivity index (χ0n) is 35.1. The number of rotatable bonds is 11. The summed E-state index contributed by atoms with van der Waals surface area (Å²) in [6.45, 7) is 8.36. The third-order valence-electron chi connectivity index (χ3n) is 12.7. The molecule has 1 aromatic carbocycles. The number of halogens is 1. The topological polar surface area (TPSA) is 202 Å². The number of piperidine rings is 3. The van der Waals surface area contributed by atoms with Crippen molar-refractivity contribution in [2.24, 2.45) is 18.9 Å². The second-order valence-electron chi connectivity index (χ2n) is 16.8. The minimum absolute atomic E-state index is 0.0426. The lowest BCUT2D eigenvalue weighted by Gasteiger charge is -2.46. The molecule has 0 bridgehead atoms. The molecule has 8 rings (SSSR count). The number of aromatic nitrogens is 6. The van der Waals surface area contributed by atoms with Crippen molar-refractivity contribution in [1.82, 2.24) is 39.9 Å². The number of benzene rings is 1. The fourth-order valence-corrected chi connectivity index (χ4v) is 9.45. The number of fused-ring (bicyclic) bond motifs is 2. The third-order valence-corrected chi connectivity index (χ3v) is 13.0. The van der Waals surface area contributed by atoms with Gasteiger partial charge < -0.3 is 30.3 Å². The van der Waals surface area contributed by atoms with Crippen LogP contribution in [0.3, 0.4) is 0 Å². The fourth-order valence-electron chi connectivity index (χ4n) is 9.31. The summed E-state index contributed by atoms with van der Waals surface area (Å²) in [5, 5.41) is 27.0. The van der Waals surface area contributed by atoms with Crippen LogP contribution in [0, 0.1) is 11.8 Å². The number of para-hydroxylation sites is 1. The van der Waals surface area contributed by atoms with Crippen LogP contribution in [0.2, 0.25) is 5.02 Å². The molecule has 7 heterocycles. The van der Waals surface area contributed by atoms with Gasteiger partial charge in [0.15, 0.2) is 18.2 Å². The molecule has 18 heteroatoms. The van der Waals surface area contributed by atoms with Gasteiger partial charge in [-0.1, -0.05) is 23.7 Å². The molecule has 0 spiro atoms. The van der Waals surface area contributed by atoms with E-state index in [1.54, 1.807) is 18.5 Å². The average Bonchev–Trinajstić information content (AvgIpc) is 3.59. The summed E-state index contributed by atoms with van der Waals surface area (Å²) in [6.07, 6.45) is 7.14. The monoisotopic (exact) mass is 853 g/mol. The highest BCUT2D eigenvalue weighted by Crippen LogP contribution is 2.42. The first-order chi connectivity index (χ1) is 29.2. The van der Waals surface area contributed by atoms with Crippen LogP contribution in [0.1, 0.15) is 76.9 Å². The Morgan fingerprint density at radius 1 is 1.02 bits per heavy atom. The number of pyridine rings is 2. The van der Waals surface area contributed by atoms with E-state index in [-0.39, 0.29) is 53.5 Å². The zero-order chi connectivity index (χ0) is 43.2. The molecule has 4 N–H and O–H groups in total. The van der Waals surface area contributed by atoms with Crippen molar-refractivity contribution < 1.29 is 24.2 Å². The lowest BCUT2D eigenvalue weighted by atomic mass is 9.70. The van der Waals surface area contributed by atoms with E-state index in [2.05, 4.69) is 41.8 Å². The lowest BCUT2D eigenvalue weighted by molar-refractivity contribution is -0.134. The molecule has 0 saturated carbocycles. The van der Waals surface area contributed by atoms with Gasteiger partial charge in [-0.15, -0.1) is 0 Å². The Morgan fingerprint density at radius 3 is 2.39 bits per heavy atom. The number of imide groups is 1. The maximum absolute atomic E-state index is 13.2. The number of carbonyl (C=O) groups is 3. The summed E-state index contributed by atoms with van der Waals surface area (Å²) in [6, 6.07) is 9.29. The zero-order valence-corrected chi connectivity index (χ0v) is 35.8. The number of likely N-dealkylation sites (N-methyl/N-ethyl adjacent to an activating group) is 1. The number of amides is 3. The predicted octanol–water partition coefficient (Wildman–Crippen LogP) is 4.58. The first-order valence-corrected chi connectivity index (χ1v) is 21.3. The molecule has 0 radical (unpaired) electrons. The van der Waals surface area contributed by atoms with Gasteiger partial charge in [-0.3, -0.25) is 33.7 Å². The molecule has 3 aliphatic rings. The van der Waals surface area contributed by atoms with E-state index < -0.39 is 11.5 Å². The molecule has 3 aliphatic heterocycles. The van der Waals surface area contributed by atoms with Crippen molar-refractivity contribution in [3.63, 3.8) is 0 Å². The lowest BCUT2D eigenvalue weighted by Crippen LogP contribution is -2.51. The average molecular weight is 854 g/mol. The molecule has 3 fully saturated rings. The molecule has 4 aromatic heterocycles. The van der Waals surface area contributed by atoms with Crippen LogP contribution in [-0.2, 0) is 21.4 Å². The smallest absolute Gasteiger partial charge is 0.294 e. The van der Waals surface area contributed by atoms with E-state index in [0.717, 1.165) is 55.4 Å². The summed E-state index contributed by atoms with van der Waals surface area (Å²) < 4.78 is 8.97. The van der Waals surface area contributed by atoms with E-state index in [1.807, 2.05) is 50.7 Å². The fraction of sp³-hybridized carbons (Fsp3) is 0.488. The van der Waals surface area contributed by atoms with Crippen LogP contribution in [0.25, 0.3) is 21.9 Å². The van der Waals surface area contributed by atoms with Crippen molar-refractivity contribution in [1.29, 1.82) is 0 Å². The second kappa shape index (κ2) is 16.9. The van der Waals surface area contributed by atoms with Gasteiger partial charge in [-0.05, 0) is 82.9 Å². The van der Waals surface area contributed by atoms with Gasteiger partial charge >= 0.3 is 0 Å². The van der Waals surface area contributed by atoms with Crippen LogP contribution < -0.4 is 36.0 Å². The highest BCUT2D eigenvalue weighted by molar-refractivity contribution is 6.33. The molecule has 2 atom stereocenters. The SMILES string of the molecule is CNC(=O)COc1cc2cc(Nc3nc(N4CCC([C@@](C)(O)C5CCN(c6cccc7c([C@H]8CCC(=O)NC8=O)nn(C)c67)CC5)CC4)ncc3Cl)cnc2n(C(C)C)c1=O. The number of hydrogen-bond acceptors (Lipinski definition) is 13. The van der Waals surface area contributed by atoms with E-state index in [1.165, 1.54) is 11.6 Å². The molecular formula is C43H52ClN11O6. The summed E-state index contributed by atoms with van der Waals surface area (Å²) >= 11 is 6.60. The Kier molecular flexibility index (Phi) is 11.6. The van der Waals surface area contributed by atoms with Crippen LogP contribution in [0.15, 0.2) is 47.5 Å². The minimum Gasteiger partial charge on any atom is -0.478 e. The normalized spacial score (nSPS) is 19.0. The van der Waals surface area contributed by atoms with Crippen LogP contribution >= 0.6 is 11.6 Å². The van der Waals surface area contributed by atoms with Crippen molar-refractivity contribution in [3.05, 3.63) is 63.8 Å². The quantitative estimate of drug-likeness (QED) is 0.135. The highest BCUT2D eigenvalue weighted by atomic mass is 35.5. The van der Waals surface area contributed by atoms with Gasteiger partial charge in [-0.2, -0.15) is 10.1 Å². The Labute approximate surface area is 357 Å². The van der Waals surface area contributed by atoms with Crippen molar-refractivity contribution >= 4 is 74.4 Å². The second-order valence-corrected chi connectivity index (χ2v) is 17.2. The van der Waals surface area contributed by atoms with Gasteiger partial charge in [0.2, 0.25) is 17.8 Å². The van der Waals surface area contributed by atoms with E-state index >= 15 is 0 Å². The molecule has 322 valence electrons. The summed E-state index contributed by atoms with van der Waals surface area (Å²) in [5.74, 6) is -0.170. The number of aryl methyl sites for hydroxylation is 1. The predicted molar refractivity (Wildman–Crippen MR) is 233 cm³/mol. The molecule has 3 saturated heterocycles. The Hall–Kier alpha value is -5.81. The van der Waals surface area contributed by atoms with Crippen molar-refractivity contribution in [2.45, 2.75) is 76.9 Å². The van der Waals surface area contributed by atoms with Crippen molar-refractivity contribution in [2.75, 3.05) is 55.0 Å². The van der Waals surface area contributed by atoms with E-state index in [9.17, 15) is 24.3 Å². The van der Waals surface area contributed by atoms with Gasteiger partial charge in [0, 0.05) is 63.5 Å². The first kappa shape index (κ1) is 41.9. The number of aliphatic hydroxyl groups is 1. The molecule has 0 aliphatic carbocycles. The maximum atomic E-state index is 13.2.